The van der Waals surface area contributed by atoms with Gasteiger partial charge in [0.2, 0.25) is 0 Å². The van der Waals surface area contributed by atoms with Crippen molar-refractivity contribution < 1.29 is 0 Å². The third kappa shape index (κ3) is 2.38. The second-order valence-corrected chi connectivity index (χ2v) is 5.86. The van der Waals surface area contributed by atoms with Crippen LogP contribution in [0.25, 0.3) is 0 Å². The van der Waals surface area contributed by atoms with Crippen LogP contribution in [0.5, 0.6) is 0 Å². The lowest BCUT2D eigenvalue weighted by Gasteiger charge is -2.28. The van der Waals surface area contributed by atoms with E-state index in [0.717, 1.165) is 6.42 Å². The first-order valence-electron chi connectivity index (χ1n) is 7.49. The van der Waals surface area contributed by atoms with Crippen molar-refractivity contribution in [1.82, 2.24) is 15.1 Å². The fourth-order valence-corrected chi connectivity index (χ4v) is 3.34. The Morgan fingerprint density at radius 3 is 2.95 bits per heavy atom. The zero-order chi connectivity index (χ0) is 14.1. The number of benzene rings is 1. The van der Waals surface area contributed by atoms with E-state index in [-0.39, 0.29) is 0 Å². The number of rotatable bonds is 3. The molecule has 0 saturated carbocycles. The molecule has 2 atom stereocenters. The summed E-state index contributed by atoms with van der Waals surface area (Å²) in [7, 11) is 2.05. The molecule has 0 radical (unpaired) electrons. The molecule has 106 valence electrons. The molecule has 0 aliphatic heterocycles. The summed E-state index contributed by atoms with van der Waals surface area (Å²) in [5.41, 5.74) is 5.53. The lowest BCUT2D eigenvalue weighted by atomic mass is 9.91. The van der Waals surface area contributed by atoms with Crippen LogP contribution in [-0.2, 0) is 13.5 Å². The minimum atomic E-state index is 0.368. The highest BCUT2D eigenvalue weighted by Crippen LogP contribution is 2.31. The number of nitrogens with one attached hydrogen (secondary N) is 1. The van der Waals surface area contributed by atoms with E-state index in [0.29, 0.717) is 12.1 Å². The lowest BCUT2D eigenvalue weighted by molar-refractivity contribution is 0.410. The van der Waals surface area contributed by atoms with Crippen LogP contribution in [0.2, 0.25) is 0 Å². The van der Waals surface area contributed by atoms with Gasteiger partial charge in [0.1, 0.15) is 0 Å². The lowest BCUT2D eigenvalue weighted by Crippen LogP contribution is -2.28. The average molecular weight is 269 g/mol. The average Bonchev–Trinajstić information content (AvgIpc) is 2.82. The van der Waals surface area contributed by atoms with Crippen molar-refractivity contribution in [1.29, 1.82) is 0 Å². The Bertz CT molecular complexity index is 600. The molecule has 1 N–H and O–H groups in total. The molecule has 1 aliphatic rings. The molecular formula is C17H23N3. The highest BCUT2D eigenvalue weighted by Gasteiger charge is 2.24. The number of hydrogen-bond acceptors (Lipinski definition) is 2. The summed E-state index contributed by atoms with van der Waals surface area (Å²) in [5.74, 6) is 0. The predicted octanol–water partition coefficient (Wildman–Crippen LogP) is 3.46. The van der Waals surface area contributed by atoms with Crippen molar-refractivity contribution in [3.05, 3.63) is 52.8 Å². The maximum absolute atomic E-state index is 4.42. The van der Waals surface area contributed by atoms with Crippen LogP contribution in [0.15, 0.2) is 30.5 Å². The summed E-state index contributed by atoms with van der Waals surface area (Å²) in [6.45, 7) is 4.44. The van der Waals surface area contributed by atoms with Gasteiger partial charge < -0.3 is 5.32 Å². The first-order chi connectivity index (χ1) is 9.66. The number of fused-ring (bicyclic) bond motifs is 1. The van der Waals surface area contributed by atoms with Crippen LogP contribution in [0, 0.1) is 6.92 Å². The van der Waals surface area contributed by atoms with Gasteiger partial charge in [-0.3, -0.25) is 4.68 Å². The largest absolute Gasteiger partial charge is 0.303 e. The van der Waals surface area contributed by atoms with Crippen molar-refractivity contribution in [3.8, 4) is 0 Å². The maximum Gasteiger partial charge on any atom is 0.0540 e. The molecule has 0 saturated heterocycles. The van der Waals surface area contributed by atoms with Gasteiger partial charge in [0.25, 0.3) is 0 Å². The van der Waals surface area contributed by atoms with Gasteiger partial charge in [-0.05, 0) is 44.2 Å². The van der Waals surface area contributed by atoms with Crippen LogP contribution in [0.1, 0.15) is 54.2 Å². The smallest absolute Gasteiger partial charge is 0.0540 e. The minimum absolute atomic E-state index is 0.368. The van der Waals surface area contributed by atoms with Gasteiger partial charge >= 0.3 is 0 Å². The molecule has 2 aromatic rings. The highest BCUT2D eigenvalue weighted by atomic mass is 15.3. The quantitative estimate of drug-likeness (QED) is 0.925. The summed E-state index contributed by atoms with van der Waals surface area (Å²) >= 11 is 0. The van der Waals surface area contributed by atoms with E-state index in [9.17, 15) is 0 Å². The maximum atomic E-state index is 4.42. The summed E-state index contributed by atoms with van der Waals surface area (Å²) in [5, 5.41) is 8.21. The topological polar surface area (TPSA) is 29.9 Å². The molecule has 3 nitrogen and oxygen atoms in total. The standard InChI is InChI=1S/C17H23N3/c1-12-7-4-5-8-14(12)13(2)19-16-9-6-10-17-15(16)11-18-20(17)3/h4-5,7-8,11,13,16,19H,6,9-10H2,1-3H3/t13-,16?/m1/s1. The van der Waals surface area contributed by atoms with E-state index in [1.54, 1.807) is 0 Å². The predicted molar refractivity (Wildman–Crippen MR) is 81.6 cm³/mol. The molecule has 1 aliphatic carbocycles. The van der Waals surface area contributed by atoms with Crippen molar-refractivity contribution in [2.75, 3.05) is 0 Å². The van der Waals surface area contributed by atoms with Crippen LogP contribution in [0.4, 0.5) is 0 Å². The van der Waals surface area contributed by atoms with Gasteiger partial charge in [0, 0.05) is 30.4 Å². The minimum Gasteiger partial charge on any atom is -0.303 e. The van der Waals surface area contributed by atoms with Crippen molar-refractivity contribution in [3.63, 3.8) is 0 Å². The molecule has 0 fully saturated rings. The van der Waals surface area contributed by atoms with E-state index in [4.69, 9.17) is 0 Å². The second kappa shape index (κ2) is 5.41. The van der Waals surface area contributed by atoms with Gasteiger partial charge in [0.05, 0.1) is 6.20 Å². The summed E-state index contributed by atoms with van der Waals surface area (Å²) in [4.78, 5) is 0. The molecule has 1 heterocycles. The molecule has 1 aromatic carbocycles. The Balaban J connectivity index is 1.81. The Morgan fingerprint density at radius 1 is 1.35 bits per heavy atom. The van der Waals surface area contributed by atoms with Gasteiger partial charge in [0.15, 0.2) is 0 Å². The molecule has 3 heteroatoms. The highest BCUT2D eigenvalue weighted by molar-refractivity contribution is 5.30. The first-order valence-corrected chi connectivity index (χ1v) is 7.49. The third-order valence-electron chi connectivity index (χ3n) is 4.48. The summed E-state index contributed by atoms with van der Waals surface area (Å²) < 4.78 is 2.03. The fourth-order valence-electron chi connectivity index (χ4n) is 3.34. The van der Waals surface area contributed by atoms with E-state index in [1.807, 2.05) is 17.9 Å². The van der Waals surface area contributed by atoms with E-state index >= 15 is 0 Å². The van der Waals surface area contributed by atoms with Crippen molar-refractivity contribution in [2.24, 2.45) is 7.05 Å². The summed E-state index contributed by atoms with van der Waals surface area (Å²) in [6.07, 6.45) is 5.64. The van der Waals surface area contributed by atoms with Gasteiger partial charge in [-0.25, -0.2) is 0 Å². The van der Waals surface area contributed by atoms with Crippen LogP contribution < -0.4 is 5.32 Å². The SMILES string of the molecule is Cc1ccccc1[C@@H](C)NC1CCCc2c1cnn2C. The Morgan fingerprint density at radius 2 is 2.15 bits per heavy atom. The Hall–Kier alpha value is -1.61. The third-order valence-corrected chi connectivity index (χ3v) is 4.48. The monoisotopic (exact) mass is 269 g/mol. The Labute approximate surface area is 121 Å². The number of nitrogens with zero attached hydrogens (tertiary/aromatic N) is 2. The van der Waals surface area contributed by atoms with Crippen LogP contribution >= 0.6 is 0 Å². The molecule has 3 rings (SSSR count). The molecule has 0 spiro atoms. The van der Waals surface area contributed by atoms with E-state index in [2.05, 4.69) is 48.5 Å². The van der Waals surface area contributed by atoms with Crippen molar-refractivity contribution >= 4 is 0 Å². The number of aromatic nitrogens is 2. The van der Waals surface area contributed by atoms with Gasteiger partial charge in [-0.15, -0.1) is 0 Å². The summed E-state index contributed by atoms with van der Waals surface area (Å²) in [6, 6.07) is 9.43. The second-order valence-electron chi connectivity index (χ2n) is 5.86. The van der Waals surface area contributed by atoms with Gasteiger partial charge in [-0.1, -0.05) is 24.3 Å². The van der Waals surface area contributed by atoms with Crippen LogP contribution in [0.3, 0.4) is 0 Å². The van der Waals surface area contributed by atoms with E-state index in [1.165, 1.54) is 35.2 Å². The molecule has 20 heavy (non-hydrogen) atoms. The van der Waals surface area contributed by atoms with Gasteiger partial charge in [-0.2, -0.15) is 5.10 Å². The zero-order valence-corrected chi connectivity index (χ0v) is 12.6. The number of hydrogen-bond donors (Lipinski definition) is 1. The van der Waals surface area contributed by atoms with Crippen LogP contribution in [-0.4, -0.2) is 9.78 Å². The molecule has 0 bridgehead atoms. The van der Waals surface area contributed by atoms with Crippen molar-refractivity contribution in [2.45, 2.75) is 45.2 Å². The Kier molecular flexibility index (Phi) is 3.62. The number of aryl methyl sites for hydroxylation is 2. The molecule has 0 amide bonds. The molecule has 1 aromatic heterocycles. The molecule has 1 unspecified atom stereocenters. The first kappa shape index (κ1) is 13.4. The fraction of sp³-hybridized carbons (Fsp3) is 0.471. The zero-order valence-electron chi connectivity index (χ0n) is 12.6. The molecular weight excluding hydrogens is 246 g/mol. The van der Waals surface area contributed by atoms with E-state index < -0.39 is 0 Å². The normalized spacial score (nSPS) is 19.6.